The molecule has 204 valence electrons. The number of amides is 1. The topological polar surface area (TPSA) is 161 Å². The summed E-state index contributed by atoms with van der Waals surface area (Å²) in [6.45, 7) is 1.42. The maximum absolute atomic E-state index is 13.6. The van der Waals surface area contributed by atoms with Crippen molar-refractivity contribution in [3.05, 3.63) is 44.7 Å². The number of carbonyl (C=O) groups is 3. The fourth-order valence-corrected chi connectivity index (χ4v) is 7.29. The second-order valence-corrected chi connectivity index (χ2v) is 11.7. The zero-order valence-electron chi connectivity index (χ0n) is 21.3. The minimum Gasteiger partial charge on any atom is -0.508 e. The first-order valence-corrected chi connectivity index (χ1v) is 13.5. The van der Waals surface area contributed by atoms with Crippen molar-refractivity contribution in [2.45, 2.75) is 63.5 Å². The van der Waals surface area contributed by atoms with E-state index in [2.05, 4.69) is 4.90 Å². The van der Waals surface area contributed by atoms with Gasteiger partial charge in [0.2, 0.25) is 5.78 Å². The van der Waals surface area contributed by atoms with E-state index in [4.69, 9.17) is 17.3 Å². The molecule has 2 saturated carbocycles. The fourth-order valence-electron chi connectivity index (χ4n) is 7.01. The molecule has 1 unspecified atom stereocenters. The Morgan fingerprint density at radius 1 is 1.16 bits per heavy atom. The van der Waals surface area contributed by atoms with Crippen LogP contribution < -0.4 is 5.73 Å². The number of hydrogen-bond acceptors (Lipinski definition) is 8. The molecule has 38 heavy (non-hydrogen) atoms. The van der Waals surface area contributed by atoms with Crippen molar-refractivity contribution in [2.24, 2.45) is 23.5 Å². The predicted molar refractivity (Wildman–Crippen MR) is 139 cm³/mol. The first-order chi connectivity index (χ1) is 17.9. The van der Waals surface area contributed by atoms with Gasteiger partial charge in [0, 0.05) is 36.0 Å². The lowest BCUT2D eigenvalue weighted by Gasteiger charge is -2.46. The molecule has 5 rings (SSSR count). The average molecular weight is 545 g/mol. The Morgan fingerprint density at radius 2 is 1.84 bits per heavy atom. The van der Waals surface area contributed by atoms with Crippen molar-refractivity contribution < 1.29 is 34.8 Å². The lowest BCUT2D eigenvalue weighted by Crippen LogP contribution is -2.58. The number of hydrogen-bond donors (Lipinski definition) is 5. The number of nitrogens with zero attached hydrogens (tertiary/aromatic N) is 1. The molecule has 1 amide bonds. The summed E-state index contributed by atoms with van der Waals surface area (Å²) in [5, 5.41) is 44.5. The van der Waals surface area contributed by atoms with E-state index in [1.165, 1.54) is 38.2 Å². The number of aliphatic hydroxyl groups excluding tert-OH is 2. The van der Waals surface area contributed by atoms with Gasteiger partial charge in [-0.05, 0) is 61.8 Å². The molecule has 4 aliphatic carbocycles. The largest absolute Gasteiger partial charge is 0.508 e. The Kier molecular flexibility index (Phi) is 6.82. The van der Waals surface area contributed by atoms with E-state index in [0.29, 0.717) is 28.6 Å². The zero-order valence-corrected chi connectivity index (χ0v) is 22.1. The molecular formula is C28H33ClN2O7. The molecule has 6 N–H and O–H groups in total. The summed E-state index contributed by atoms with van der Waals surface area (Å²) in [6.07, 6.45) is 6.08. The number of carbonyl (C=O) groups excluding carboxylic acids is 3. The highest BCUT2D eigenvalue weighted by Crippen LogP contribution is 2.53. The van der Waals surface area contributed by atoms with E-state index in [1.807, 2.05) is 7.05 Å². The van der Waals surface area contributed by atoms with Crippen LogP contribution in [0, 0.1) is 17.8 Å². The molecule has 0 aliphatic heterocycles. The number of rotatable bonds is 5. The van der Waals surface area contributed by atoms with Gasteiger partial charge >= 0.3 is 0 Å². The van der Waals surface area contributed by atoms with Crippen LogP contribution in [0.25, 0.3) is 5.76 Å². The third-order valence-electron chi connectivity index (χ3n) is 8.81. The van der Waals surface area contributed by atoms with E-state index in [-0.39, 0.29) is 36.1 Å². The Bertz CT molecular complexity index is 1300. The molecule has 0 bridgehead atoms. The number of aromatic hydroxyl groups is 1. The van der Waals surface area contributed by atoms with E-state index in [1.54, 1.807) is 0 Å². The van der Waals surface area contributed by atoms with Crippen molar-refractivity contribution >= 4 is 34.8 Å². The SMILES string of the molecule is CN(Cc1cc(O)c2c(c1Cl)CC1C[C@H]3CC(=O)C(C(N)=O)=C(O)[C@@]3(O)C(=O)C1=C2O)CC1CCCCC1. The molecule has 1 aromatic carbocycles. The van der Waals surface area contributed by atoms with Crippen molar-refractivity contribution in [1.82, 2.24) is 4.90 Å². The summed E-state index contributed by atoms with van der Waals surface area (Å²) in [7, 11) is 2.01. The number of aliphatic hydroxyl groups is 3. The molecule has 9 nitrogen and oxygen atoms in total. The molecule has 2 fully saturated rings. The van der Waals surface area contributed by atoms with Gasteiger partial charge in [-0.2, -0.15) is 0 Å². The quantitative estimate of drug-likeness (QED) is 0.353. The Morgan fingerprint density at radius 3 is 2.50 bits per heavy atom. The van der Waals surface area contributed by atoms with Crippen molar-refractivity contribution in [2.75, 3.05) is 13.6 Å². The summed E-state index contributed by atoms with van der Waals surface area (Å²) in [5.74, 6) is -5.85. The van der Waals surface area contributed by atoms with Gasteiger partial charge in [-0.25, -0.2) is 0 Å². The van der Waals surface area contributed by atoms with Crippen molar-refractivity contribution in [1.29, 1.82) is 0 Å². The van der Waals surface area contributed by atoms with Crippen LogP contribution in [0.15, 0.2) is 23.0 Å². The standard InChI is InChI=1S/C28H33ClN2O7/c1-31(11-13-5-3-2-4-6-13)12-15-9-18(32)21-17(23(15)29)8-14-7-16-10-19(33)22(27(30)37)26(36)28(16,38)25(35)20(14)24(21)34/h9,13-14,16,32,34,36,38H,2-8,10-12H2,1H3,(H2,30,37)/t14?,16-,28-/m0/s1. The molecule has 0 saturated heterocycles. The number of ketones is 2. The zero-order chi connectivity index (χ0) is 27.5. The van der Waals surface area contributed by atoms with Crippen molar-refractivity contribution in [3.8, 4) is 5.75 Å². The summed E-state index contributed by atoms with van der Waals surface area (Å²) >= 11 is 6.82. The van der Waals surface area contributed by atoms with Crippen molar-refractivity contribution in [3.63, 3.8) is 0 Å². The maximum atomic E-state index is 13.6. The molecule has 10 heteroatoms. The number of phenolic OH excluding ortho intramolecular Hbond substituents is 1. The van der Waals surface area contributed by atoms with Gasteiger partial charge in [0.25, 0.3) is 5.91 Å². The molecule has 0 radical (unpaired) electrons. The Hall–Kier alpha value is -2.88. The fraction of sp³-hybridized carbons (Fsp3) is 0.536. The number of benzene rings is 1. The number of nitrogens with two attached hydrogens (primary N) is 1. The third-order valence-corrected chi connectivity index (χ3v) is 9.28. The van der Waals surface area contributed by atoms with Gasteiger partial charge in [-0.15, -0.1) is 0 Å². The molecule has 4 aliphatic rings. The molecule has 0 heterocycles. The van der Waals surface area contributed by atoms with Gasteiger partial charge < -0.3 is 31.1 Å². The Balaban J connectivity index is 1.51. The van der Waals surface area contributed by atoms with Crippen LogP contribution in [0.2, 0.25) is 5.02 Å². The van der Waals surface area contributed by atoms with Crippen LogP contribution >= 0.6 is 11.6 Å². The van der Waals surface area contributed by atoms with Gasteiger partial charge in [0.15, 0.2) is 11.4 Å². The van der Waals surface area contributed by atoms with Gasteiger partial charge in [0.05, 0.1) is 5.56 Å². The van der Waals surface area contributed by atoms with Crippen LogP contribution in [-0.2, 0) is 27.3 Å². The van der Waals surface area contributed by atoms with Crippen LogP contribution in [0.5, 0.6) is 5.75 Å². The molecule has 1 aromatic rings. The summed E-state index contributed by atoms with van der Waals surface area (Å²) in [4.78, 5) is 40.0. The van der Waals surface area contributed by atoms with E-state index in [0.717, 1.165) is 6.54 Å². The summed E-state index contributed by atoms with van der Waals surface area (Å²) < 4.78 is 0. The summed E-state index contributed by atoms with van der Waals surface area (Å²) in [6, 6.07) is 1.49. The molecule has 3 atom stereocenters. The number of halogens is 1. The maximum Gasteiger partial charge on any atom is 0.255 e. The highest BCUT2D eigenvalue weighted by Gasteiger charge is 2.60. The Labute approximate surface area is 225 Å². The number of primary amides is 1. The highest BCUT2D eigenvalue weighted by atomic mass is 35.5. The van der Waals surface area contributed by atoms with Crippen LogP contribution in [0.3, 0.4) is 0 Å². The second kappa shape index (κ2) is 9.70. The number of fused-ring (bicyclic) bond motifs is 3. The minimum atomic E-state index is -2.57. The predicted octanol–water partition coefficient (Wildman–Crippen LogP) is 3.09. The first kappa shape index (κ1) is 26.7. The lowest BCUT2D eigenvalue weighted by molar-refractivity contribution is -0.147. The summed E-state index contributed by atoms with van der Waals surface area (Å²) in [5.41, 5.74) is 2.89. The lowest BCUT2D eigenvalue weighted by atomic mass is 9.59. The van der Waals surface area contributed by atoms with E-state index < -0.39 is 52.0 Å². The molecular weight excluding hydrogens is 512 g/mol. The van der Waals surface area contributed by atoms with Gasteiger partial charge in [0.1, 0.15) is 22.8 Å². The number of phenols is 1. The van der Waals surface area contributed by atoms with Gasteiger partial charge in [-0.1, -0.05) is 30.9 Å². The normalized spacial score (nSPS) is 27.9. The van der Waals surface area contributed by atoms with Crippen LogP contribution in [-0.4, -0.2) is 62.0 Å². The van der Waals surface area contributed by atoms with E-state index in [9.17, 15) is 34.8 Å². The van der Waals surface area contributed by atoms with E-state index >= 15 is 0 Å². The number of Topliss-reactive ketones (excluding diaryl/α,β-unsaturated/α-hetero) is 2. The van der Waals surface area contributed by atoms with Crippen LogP contribution in [0.1, 0.15) is 61.6 Å². The first-order valence-electron chi connectivity index (χ1n) is 13.1. The third kappa shape index (κ3) is 4.12. The van der Waals surface area contributed by atoms with Gasteiger partial charge in [-0.3, -0.25) is 14.4 Å². The smallest absolute Gasteiger partial charge is 0.255 e. The average Bonchev–Trinajstić information content (AvgIpc) is 2.84. The molecule has 0 spiro atoms. The minimum absolute atomic E-state index is 0.0146. The van der Waals surface area contributed by atoms with Crippen LogP contribution in [0.4, 0.5) is 0 Å². The molecule has 0 aromatic heterocycles. The monoisotopic (exact) mass is 544 g/mol. The second-order valence-electron chi connectivity index (χ2n) is 11.3. The highest BCUT2D eigenvalue weighted by molar-refractivity contribution is 6.32.